The molecule has 0 amide bonds. The van der Waals surface area contributed by atoms with Crippen molar-refractivity contribution in [1.82, 2.24) is 5.32 Å². The molecule has 0 bridgehead atoms. The van der Waals surface area contributed by atoms with Gasteiger partial charge >= 0.3 is 0 Å². The smallest absolute Gasteiger partial charge is 0.0662 e. The second-order valence-electron chi connectivity index (χ2n) is 2.68. The van der Waals surface area contributed by atoms with Crippen molar-refractivity contribution in [2.75, 3.05) is 6.54 Å². The van der Waals surface area contributed by atoms with E-state index in [1.807, 2.05) is 0 Å². The van der Waals surface area contributed by atoms with Gasteiger partial charge in [0.15, 0.2) is 0 Å². The van der Waals surface area contributed by atoms with Crippen LogP contribution in [0.5, 0.6) is 0 Å². The van der Waals surface area contributed by atoms with Crippen LogP contribution in [0.3, 0.4) is 0 Å². The molecule has 1 aliphatic heterocycles. The summed E-state index contributed by atoms with van der Waals surface area (Å²) in [6, 6.07) is 1.43. The van der Waals surface area contributed by atoms with Crippen LogP contribution < -0.4 is 5.32 Å². The Morgan fingerprint density at radius 2 is 2.56 bits per heavy atom. The third-order valence-corrected chi connectivity index (χ3v) is 2.82. The summed E-state index contributed by atoms with van der Waals surface area (Å²) in [5.41, 5.74) is 0. The van der Waals surface area contributed by atoms with Gasteiger partial charge in [0, 0.05) is 16.3 Å². The predicted molar refractivity (Wildman–Crippen MR) is 41.8 cm³/mol. The molecule has 0 spiro atoms. The van der Waals surface area contributed by atoms with E-state index in [4.69, 9.17) is 0 Å². The van der Waals surface area contributed by atoms with E-state index in [9.17, 15) is 5.11 Å². The molecule has 0 aromatic carbocycles. The lowest BCUT2D eigenvalue weighted by Gasteiger charge is -2.15. The van der Waals surface area contributed by atoms with Gasteiger partial charge in [-0.3, -0.25) is 0 Å². The minimum atomic E-state index is -0.0563. The fourth-order valence-electron chi connectivity index (χ4n) is 1.32. The first-order chi connectivity index (χ1) is 4.34. The van der Waals surface area contributed by atoms with Gasteiger partial charge in [-0.15, -0.1) is 0 Å². The maximum atomic E-state index is 9.33. The van der Waals surface area contributed by atoms with E-state index in [0.29, 0.717) is 6.04 Å². The average Bonchev–Trinajstić information content (AvgIpc) is 2.37. The van der Waals surface area contributed by atoms with Gasteiger partial charge in [-0.25, -0.2) is 0 Å². The summed E-state index contributed by atoms with van der Waals surface area (Å²) in [5, 5.41) is 12.6. The first kappa shape index (κ1) is 7.25. The van der Waals surface area contributed by atoms with Crippen LogP contribution in [-0.2, 0) is 0 Å². The molecule has 2 atom stereocenters. The zero-order valence-corrected chi connectivity index (χ0v) is 7.93. The number of hydrogen-bond donors (Lipinski definition) is 2. The van der Waals surface area contributed by atoms with Crippen molar-refractivity contribution in [2.24, 2.45) is 0 Å². The lowest BCUT2D eigenvalue weighted by atomic mass is 10.1. The highest BCUT2D eigenvalue weighted by molar-refractivity contribution is 6.08. The van der Waals surface area contributed by atoms with Crippen molar-refractivity contribution in [3.05, 3.63) is 0 Å². The zero-order valence-electron chi connectivity index (χ0n) is 5.93. The summed E-state index contributed by atoms with van der Waals surface area (Å²) < 4.78 is 0. The SMILES string of the molecule is O[C@H](C[SiH3])[C@@H]1CCCN1. The number of aliphatic hydroxyl groups is 1. The lowest BCUT2D eigenvalue weighted by molar-refractivity contribution is 0.155. The summed E-state index contributed by atoms with van der Waals surface area (Å²) in [6.45, 7) is 1.10. The van der Waals surface area contributed by atoms with Crippen molar-refractivity contribution in [2.45, 2.75) is 31.0 Å². The Kier molecular flexibility index (Phi) is 2.69. The molecule has 3 heteroatoms. The minimum absolute atomic E-state index is 0.0563. The second kappa shape index (κ2) is 3.34. The van der Waals surface area contributed by atoms with Crippen LogP contribution >= 0.6 is 0 Å². The molecule has 2 nitrogen and oxygen atoms in total. The van der Waals surface area contributed by atoms with Crippen LogP contribution in [0.25, 0.3) is 0 Å². The molecule has 2 N–H and O–H groups in total. The number of nitrogens with one attached hydrogen (secondary N) is 1. The molecule has 1 fully saturated rings. The maximum absolute atomic E-state index is 9.33. The average molecular weight is 145 g/mol. The van der Waals surface area contributed by atoms with E-state index in [2.05, 4.69) is 5.32 Å². The molecule has 1 heterocycles. The van der Waals surface area contributed by atoms with Gasteiger partial charge in [0.25, 0.3) is 0 Å². The molecule has 1 rings (SSSR count). The number of hydrogen-bond acceptors (Lipinski definition) is 2. The molecule has 0 saturated carbocycles. The number of aliphatic hydroxyl groups excluding tert-OH is 1. The Morgan fingerprint density at radius 3 is 3.00 bits per heavy atom. The van der Waals surface area contributed by atoms with Crippen LogP contribution in [-0.4, -0.2) is 34.0 Å². The van der Waals surface area contributed by atoms with E-state index in [1.165, 1.54) is 12.8 Å². The lowest BCUT2D eigenvalue weighted by Crippen LogP contribution is -2.34. The Morgan fingerprint density at radius 1 is 1.78 bits per heavy atom. The van der Waals surface area contributed by atoms with Gasteiger partial charge in [-0.2, -0.15) is 0 Å². The quantitative estimate of drug-likeness (QED) is 0.483. The minimum Gasteiger partial charge on any atom is -0.392 e. The molecule has 1 aliphatic rings. The topological polar surface area (TPSA) is 32.3 Å². The Hall–Kier alpha value is 0.137. The fraction of sp³-hybridized carbons (Fsp3) is 1.00. The third kappa shape index (κ3) is 1.78. The standard InChI is InChI=1S/C6H15NOSi/c8-6(4-9)5-2-1-3-7-5/h5-8H,1-4H2,9H3/t5-,6+/m0/s1. The normalized spacial score (nSPS) is 31.0. The Bertz CT molecular complexity index is 83.1. The zero-order chi connectivity index (χ0) is 6.69. The molecule has 54 valence electrons. The monoisotopic (exact) mass is 145 g/mol. The molecule has 9 heavy (non-hydrogen) atoms. The van der Waals surface area contributed by atoms with E-state index in [-0.39, 0.29) is 6.10 Å². The third-order valence-electron chi connectivity index (χ3n) is 1.98. The van der Waals surface area contributed by atoms with Crippen LogP contribution in [0.15, 0.2) is 0 Å². The van der Waals surface area contributed by atoms with Gasteiger partial charge in [0.1, 0.15) is 0 Å². The summed E-state index contributed by atoms with van der Waals surface area (Å²) in [7, 11) is 1.12. The van der Waals surface area contributed by atoms with Crippen molar-refractivity contribution in [3.63, 3.8) is 0 Å². The van der Waals surface area contributed by atoms with Crippen LogP contribution in [0, 0.1) is 0 Å². The Labute approximate surface area is 59.1 Å². The second-order valence-corrected chi connectivity index (χ2v) is 3.49. The van der Waals surface area contributed by atoms with E-state index in [1.54, 1.807) is 0 Å². The highest BCUT2D eigenvalue weighted by Crippen LogP contribution is 2.10. The van der Waals surface area contributed by atoms with Gasteiger partial charge in [0.2, 0.25) is 0 Å². The van der Waals surface area contributed by atoms with Gasteiger partial charge in [-0.05, 0) is 25.4 Å². The largest absolute Gasteiger partial charge is 0.392 e. The fourth-order valence-corrected chi connectivity index (χ4v) is 1.89. The molecule has 0 aromatic rings. The van der Waals surface area contributed by atoms with Crippen LogP contribution in [0.1, 0.15) is 12.8 Å². The van der Waals surface area contributed by atoms with E-state index < -0.39 is 0 Å². The van der Waals surface area contributed by atoms with Crippen LogP contribution in [0.4, 0.5) is 0 Å². The first-order valence-electron chi connectivity index (χ1n) is 3.76. The first-order valence-corrected chi connectivity index (χ1v) is 5.17. The highest BCUT2D eigenvalue weighted by Gasteiger charge is 2.20. The number of rotatable bonds is 2. The van der Waals surface area contributed by atoms with Crippen molar-refractivity contribution in [3.8, 4) is 0 Å². The molecule has 0 aromatic heterocycles. The molecular weight excluding hydrogens is 130 g/mol. The van der Waals surface area contributed by atoms with E-state index in [0.717, 1.165) is 22.8 Å². The predicted octanol–water partition coefficient (Wildman–Crippen LogP) is -1.12. The van der Waals surface area contributed by atoms with Gasteiger partial charge in [0.05, 0.1) is 6.10 Å². The highest BCUT2D eigenvalue weighted by atomic mass is 28.1. The maximum Gasteiger partial charge on any atom is 0.0662 e. The van der Waals surface area contributed by atoms with E-state index >= 15 is 0 Å². The summed E-state index contributed by atoms with van der Waals surface area (Å²) in [6.07, 6.45) is 2.35. The van der Waals surface area contributed by atoms with Crippen molar-refractivity contribution < 1.29 is 5.11 Å². The van der Waals surface area contributed by atoms with Crippen molar-refractivity contribution >= 4 is 10.2 Å². The molecule has 1 saturated heterocycles. The summed E-state index contributed by atoms with van der Waals surface area (Å²) >= 11 is 0. The van der Waals surface area contributed by atoms with Crippen molar-refractivity contribution in [1.29, 1.82) is 0 Å². The van der Waals surface area contributed by atoms with Crippen LogP contribution in [0.2, 0.25) is 6.04 Å². The summed E-state index contributed by atoms with van der Waals surface area (Å²) in [4.78, 5) is 0. The molecule has 0 radical (unpaired) electrons. The molecule has 0 aliphatic carbocycles. The summed E-state index contributed by atoms with van der Waals surface area (Å²) in [5.74, 6) is 0. The van der Waals surface area contributed by atoms with Gasteiger partial charge in [-0.1, -0.05) is 0 Å². The Balaban J connectivity index is 2.24. The van der Waals surface area contributed by atoms with Gasteiger partial charge < -0.3 is 10.4 Å². The molecular formula is C6H15NOSi. The molecule has 0 unspecified atom stereocenters.